The molecule has 5 heteroatoms. The molecule has 22 heavy (non-hydrogen) atoms. The average Bonchev–Trinajstić information content (AvgIpc) is 2.44. The van der Waals surface area contributed by atoms with Crippen LogP contribution in [0, 0.1) is 0 Å². The minimum absolute atomic E-state index is 0.146. The Kier molecular flexibility index (Phi) is 7.02. The number of ether oxygens (including phenoxy) is 1. The second-order valence-corrected chi connectivity index (χ2v) is 5.25. The molecule has 1 amide bonds. The minimum Gasteiger partial charge on any atom is -0.452 e. The normalized spacial score (nSPS) is 11.2. The first-order valence-corrected chi connectivity index (χ1v) is 7.04. The van der Waals surface area contributed by atoms with Crippen molar-refractivity contribution in [2.45, 2.75) is 33.2 Å². The van der Waals surface area contributed by atoms with Gasteiger partial charge >= 0.3 is 5.97 Å². The Morgan fingerprint density at radius 3 is 2.32 bits per heavy atom. The van der Waals surface area contributed by atoms with Gasteiger partial charge in [0.05, 0.1) is 6.04 Å². The maximum Gasteiger partial charge on any atom is 0.331 e. The summed E-state index contributed by atoms with van der Waals surface area (Å²) in [4.78, 5) is 34.7. The third kappa shape index (κ3) is 6.83. The van der Waals surface area contributed by atoms with Gasteiger partial charge in [0, 0.05) is 6.08 Å². The lowest BCUT2D eigenvalue weighted by molar-refractivity contribution is -0.144. The van der Waals surface area contributed by atoms with E-state index < -0.39 is 24.5 Å². The Labute approximate surface area is 130 Å². The fraction of sp³-hybridized carbons (Fsp3) is 0.353. The van der Waals surface area contributed by atoms with E-state index in [1.54, 1.807) is 13.8 Å². The number of esters is 1. The third-order valence-electron chi connectivity index (χ3n) is 2.86. The number of carbonyl (C=O) groups is 3. The molecule has 0 aliphatic carbocycles. The molecule has 1 aromatic rings. The molecule has 0 unspecified atom stereocenters. The molecule has 0 aliphatic rings. The lowest BCUT2D eigenvalue weighted by Gasteiger charge is -2.16. The fourth-order valence-electron chi connectivity index (χ4n) is 1.80. The van der Waals surface area contributed by atoms with E-state index in [0.717, 1.165) is 11.1 Å². The van der Waals surface area contributed by atoms with Crippen LogP contribution in [-0.2, 0) is 25.5 Å². The number of ketones is 1. The van der Waals surface area contributed by atoms with E-state index >= 15 is 0 Å². The van der Waals surface area contributed by atoms with Crippen LogP contribution in [0.15, 0.2) is 42.0 Å². The highest BCUT2D eigenvalue weighted by molar-refractivity contribution is 5.90. The molecule has 0 saturated carbocycles. The first kappa shape index (κ1) is 17.6. The first-order chi connectivity index (χ1) is 10.4. The molecule has 5 nitrogen and oxygen atoms in total. The van der Waals surface area contributed by atoms with E-state index in [-0.39, 0.29) is 5.78 Å². The second-order valence-electron chi connectivity index (χ2n) is 5.25. The summed E-state index contributed by atoms with van der Waals surface area (Å²) in [6.45, 7) is 4.53. The summed E-state index contributed by atoms with van der Waals surface area (Å²) in [5, 5.41) is 2.59. The summed E-state index contributed by atoms with van der Waals surface area (Å²) in [7, 11) is 0. The van der Waals surface area contributed by atoms with E-state index in [1.807, 2.05) is 30.3 Å². The topological polar surface area (TPSA) is 72.5 Å². The van der Waals surface area contributed by atoms with Gasteiger partial charge in [-0.2, -0.15) is 0 Å². The van der Waals surface area contributed by atoms with Crippen LogP contribution in [0.4, 0.5) is 0 Å². The molecule has 0 heterocycles. The quantitative estimate of drug-likeness (QED) is 0.616. The highest BCUT2D eigenvalue weighted by Crippen LogP contribution is 2.04. The van der Waals surface area contributed by atoms with Gasteiger partial charge in [0.15, 0.2) is 12.4 Å². The lowest BCUT2D eigenvalue weighted by atomic mass is 10.0. The molecule has 1 rings (SSSR count). The van der Waals surface area contributed by atoms with Gasteiger partial charge < -0.3 is 10.1 Å². The van der Waals surface area contributed by atoms with Crippen LogP contribution < -0.4 is 5.32 Å². The van der Waals surface area contributed by atoms with E-state index in [4.69, 9.17) is 4.74 Å². The standard InChI is InChI=1S/C17H21NO4/c1-12(2)9-17(21)22-11-16(20)18-15(13(3)19)10-14-7-5-4-6-8-14/h4-9,15H,10-11H2,1-3H3,(H,18,20)/t15-/m1/s1. The number of hydrogen-bond donors (Lipinski definition) is 1. The molecular weight excluding hydrogens is 282 g/mol. The van der Waals surface area contributed by atoms with Gasteiger partial charge in [-0.15, -0.1) is 0 Å². The maximum atomic E-state index is 11.8. The summed E-state index contributed by atoms with van der Waals surface area (Å²) in [6, 6.07) is 8.77. The molecule has 0 aromatic heterocycles. The summed E-state index contributed by atoms with van der Waals surface area (Å²) in [6.07, 6.45) is 1.71. The zero-order valence-electron chi connectivity index (χ0n) is 13.1. The summed E-state index contributed by atoms with van der Waals surface area (Å²) in [5.41, 5.74) is 1.74. The van der Waals surface area contributed by atoms with Crippen LogP contribution in [0.1, 0.15) is 26.3 Å². The van der Waals surface area contributed by atoms with Crippen molar-refractivity contribution in [3.8, 4) is 0 Å². The Morgan fingerprint density at radius 2 is 1.77 bits per heavy atom. The molecule has 0 saturated heterocycles. The molecule has 0 aliphatic heterocycles. The lowest BCUT2D eigenvalue weighted by Crippen LogP contribution is -2.43. The van der Waals surface area contributed by atoms with E-state index in [1.165, 1.54) is 13.0 Å². The molecule has 0 spiro atoms. The fourth-order valence-corrected chi connectivity index (χ4v) is 1.80. The van der Waals surface area contributed by atoms with Gasteiger partial charge in [0.25, 0.3) is 5.91 Å². The van der Waals surface area contributed by atoms with Crippen molar-refractivity contribution >= 4 is 17.7 Å². The highest BCUT2D eigenvalue weighted by atomic mass is 16.5. The zero-order chi connectivity index (χ0) is 16.5. The number of amides is 1. The van der Waals surface area contributed by atoms with Crippen LogP contribution in [0.25, 0.3) is 0 Å². The largest absolute Gasteiger partial charge is 0.452 e. The van der Waals surface area contributed by atoms with Gasteiger partial charge in [-0.05, 0) is 32.8 Å². The van der Waals surface area contributed by atoms with Gasteiger partial charge in [0.2, 0.25) is 0 Å². The minimum atomic E-state index is -0.628. The van der Waals surface area contributed by atoms with Crippen molar-refractivity contribution in [2.75, 3.05) is 6.61 Å². The van der Waals surface area contributed by atoms with Crippen LogP contribution in [0.5, 0.6) is 0 Å². The monoisotopic (exact) mass is 303 g/mol. The number of allylic oxidation sites excluding steroid dienone is 1. The summed E-state index contributed by atoms with van der Waals surface area (Å²) >= 11 is 0. The number of carbonyl (C=O) groups excluding carboxylic acids is 3. The van der Waals surface area contributed by atoms with Gasteiger partial charge in [0.1, 0.15) is 0 Å². The molecule has 0 fully saturated rings. The molecule has 118 valence electrons. The van der Waals surface area contributed by atoms with E-state index in [9.17, 15) is 14.4 Å². The van der Waals surface area contributed by atoms with E-state index in [2.05, 4.69) is 5.32 Å². The molecule has 0 radical (unpaired) electrons. The van der Waals surface area contributed by atoms with Crippen LogP contribution in [-0.4, -0.2) is 30.3 Å². The smallest absolute Gasteiger partial charge is 0.331 e. The van der Waals surface area contributed by atoms with Crippen molar-refractivity contribution in [1.29, 1.82) is 0 Å². The predicted molar refractivity (Wildman–Crippen MR) is 83.1 cm³/mol. The summed E-state index contributed by atoms with van der Waals surface area (Å²) < 4.78 is 4.81. The molecular formula is C17H21NO4. The molecule has 1 aromatic carbocycles. The van der Waals surface area contributed by atoms with Crippen LogP contribution >= 0.6 is 0 Å². The van der Waals surface area contributed by atoms with Crippen molar-refractivity contribution < 1.29 is 19.1 Å². The third-order valence-corrected chi connectivity index (χ3v) is 2.86. The van der Waals surface area contributed by atoms with Crippen molar-refractivity contribution in [3.05, 3.63) is 47.5 Å². The second kappa shape index (κ2) is 8.77. The molecule has 1 N–H and O–H groups in total. The average molecular weight is 303 g/mol. The summed E-state index contributed by atoms with van der Waals surface area (Å²) in [5.74, 6) is -1.21. The number of benzene rings is 1. The Balaban J connectivity index is 2.53. The SMILES string of the molecule is CC(=O)[C@@H](Cc1ccccc1)NC(=O)COC(=O)C=C(C)C. The molecule has 1 atom stereocenters. The molecule has 0 bridgehead atoms. The number of hydrogen-bond acceptors (Lipinski definition) is 4. The van der Waals surface area contributed by atoms with Crippen molar-refractivity contribution in [2.24, 2.45) is 0 Å². The maximum absolute atomic E-state index is 11.8. The van der Waals surface area contributed by atoms with Gasteiger partial charge in [-0.1, -0.05) is 35.9 Å². The predicted octanol–water partition coefficient (Wildman–Crippen LogP) is 1.81. The number of nitrogens with one attached hydrogen (secondary N) is 1. The Hall–Kier alpha value is -2.43. The zero-order valence-corrected chi connectivity index (χ0v) is 13.1. The van der Waals surface area contributed by atoms with Crippen LogP contribution in [0.2, 0.25) is 0 Å². The highest BCUT2D eigenvalue weighted by Gasteiger charge is 2.18. The van der Waals surface area contributed by atoms with Gasteiger partial charge in [-0.3, -0.25) is 9.59 Å². The number of Topliss-reactive ketones (excluding diaryl/α,β-unsaturated/α-hetero) is 1. The number of rotatable bonds is 7. The van der Waals surface area contributed by atoms with Gasteiger partial charge in [-0.25, -0.2) is 4.79 Å². The van der Waals surface area contributed by atoms with Crippen molar-refractivity contribution in [3.63, 3.8) is 0 Å². The Bertz CT molecular complexity index is 559. The Morgan fingerprint density at radius 1 is 1.14 bits per heavy atom. The first-order valence-electron chi connectivity index (χ1n) is 7.04. The van der Waals surface area contributed by atoms with Crippen LogP contribution in [0.3, 0.4) is 0 Å². The van der Waals surface area contributed by atoms with E-state index in [0.29, 0.717) is 6.42 Å². The van der Waals surface area contributed by atoms with Crippen molar-refractivity contribution in [1.82, 2.24) is 5.32 Å².